The van der Waals surface area contributed by atoms with E-state index in [1.165, 1.54) is 6.42 Å². The van der Waals surface area contributed by atoms with E-state index in [0.29, 0.717) is 31.6 Å². The Hall–Kier alpha value is -1.34. The second-order valence-electron chi connectivity index (χ2n) is 8.21. The number of halogens is 1. The van der Waals surface area contributed by atoms with Crippen LogP contribution in [0.3, 0.4) is 0 Å². The number of urea groups is 1. The van der Waals surface area contributed by atoms with Crippen molar-refractivity contribution in [3.8, 4) is 0 Å². The lowest BCUT2D eigenvalue weighted by Gasteiger charge is -2.36. The number of amides is 4. The molecule has 146 valence electrons. The third-order valence-electron chi connectivity index (χ3n) is 6.67. The molecule has 2 bridgehead atoms. The molecule has 2 N–H and O–H groups in total. The van der Waals surface area contributed by atoms with Crippen LogP contribution in [0.15, 0.2) is 0 Å². The number of carbonyl (C=O) groups is 3. The first-order valence-electron chi connectivity index (χ1n) is 9.67. The third-order valence-corrected chi connectivity index (χ3v) is 6.67. The van der Waals surface area contributed by atoms with Crippen molar-refractivity contribution in [2.24, 2.45) is 5.92 Å². The summed E-state index contributed by atoms with van der Waals surface area (Å²) in [6.07, 6.45) is 6.88. The van der Waals surface area contributed by atoms with E-state index in [4.69, 9.17) is 0 Å². The number of hydrogen-bond donors (Lipinski definition) is 2. The Morgan fingerprint density at radius 2 is 1.92 bits per heavy atom. The van der Waals surface area contributed by atoms with E-state index in [-0.39, 0.29) is 36.7 Å². The van der Waals surface area contributed by atoms with Crippen molar-refractivity contribution in [2.45, 2.75) is 69.5 Å². The summed E-state index contributed by atoms with van der Waals surface area (Å²) in [5, 5.41) is 6.47. The summed E-state index contributed by atoms with van der Waals surface area (Å²) in [4.78, 5) is 41.1. The highest BCUT2D eigenvalue weighted by Crippen LogP contribution is 2.38. The SMILES string of the molecule is CC1CCCCC12NC(=O)N(CC(=O)N1CCC3CCC(C1)N3)C2=O.Cl. The van der Waals surface area contributed by atoms with Gasteiger partial charge in [-0.1, -0.05) is 19.8 Å². The molecule has 1 spiro atoms. The Labute approximate surface area is 160 Å². The minimum Gasteiger partial charge on any atom is -0.340 e. The minimum atomic E-state index is -0.783. The molecule has 8 heteroatoms. The Balaban J connectivity index is 0.00000196. The molecular formula is C18H29ClN4O3. The summed E-state index contributed by atoms with van der Waals surface area (Å²) in [7, 11) is 0. The number of rotatable bonds is 2. The van der Waals surface area contributed by atoms with Crippen LogP contribution in [-0.2, 0) is 9.59 Å². The monoisotopic (exact) mass is 384 g/mol. The van der Waals surface area contributed by atoms with Crippen LogP contribution < -0.4 is 10.6 Å². The second kappa shape index (κ2) is 7.35. The first-order valence-corrected chi connectivity index (χ1v) is 9.67. The molecule has 3 saturated heterocycles. The van der Waals surface area contributed by atoms with Crippen LogP contribution in [0.4, 0.5) is 4.79 Å². The number of fused-ring (bicyclic) bond motifs is 2. The predicted octanol–water partition coefficient (Wildman–Crippen LogP) is 1.26. The van der Waals surface area contributed by atoms with Gasteiger partial charge in [-0.3, -0.25) is 14.5 Å². The third kappa shape index (κ3) is 3.20. The van der Waals surface area contributed by atoms with Crippen molar-refractivity contribution in [3.63, 3.8) is 0 Å². The first kappa shape index (κ1) is 19.4. The maximum atomic E-state index is 13.0. The highest BCUT2D eigenvalue weighted by Gasteiger charge is 2.55. The van der Waals surface area contributed by atoms with Gasteiger partial charge in [-0.2, -0.15) is 0 Å². The molecule has 3 heterocycles. The van der Waals surface area contributed by atoms with Gasteiger partial charge in [-0.25, -0.2) is 4.79 Å². The molecule has 1 aliphatic carbocycles. The maximum absolute atomic E-state index is 13.0. The summed E-state index contributed by atoms with van der Waals surface area (Å²) in [5.41, 5.74) is -0.783. The van der Waals surface area contributed by atoms with Crippen LogP contribution in [-0.4, -0.2) is 64.9 Å². The molecule has 4 fully saturated rings. The lowest BCUT2D eigenvalue weighted by Crippen LogP contribution is -2.54. The molecule has 0 aromatic carbocycles. The van der Waals surface area contributed by atoms with Gasteiger partial charge < -0.3 is 15.5 Å². The Kier molecular flexibility index (Phi) is 5.49. The molecule has 4 aliphatic rings. The fraction of sp³-hybridized carbons (Fsp3) is 0.833. The second-order valence-corrected chi connectivity index (χ2v) is 8.21. The zero-order chi connectivity index (χ0) is 17.6. The highest BCUT2D eigenvalue weighted by atomic mass is 35.5. The van der Waals surface area contributed by atoms with Crippen molar-refractivity contribution >= 4 is 30.3 Å². The fourth-order valence-electron chi connectivity index (χ4n) is 5.04. The van der Waals surface area contributed by atoms with E-state index in [1.54, 1.807) is 0 Å². The number of nitrogens with zero attached hydrogens (tertiary/aromatic N) is 2. The summed E-state index contributed by atoms with van der Waals surface area (Å²) in [5.74, 6) is -0.193. The van der Waals surface area contributed by atoms with Gasteiger partial charge in [0.25, 0.3) is 5.91 Å². The van der Waals surface area contributed by atoms with Gasteiger partial charge in [0.2, 0.25) is 5.91 Å². The molecular weight excluding hydrogens is 356 g/mol. The van der Waals surface area contributed by atoms with Crippen LogP contribution >= 0.6 is 12.4 Å². The Morgan fingerprint density at radius 1 is 1.15 bits per heavy atom. The molecule has 0 aromatic heterocycles. The summed E-state index contributed by atoms with van der Waals surface area (Å²) in [6.45, 7) is 3.29. The summed E-state index contributed by atoms with van der Waals surface area (Å²) < 4.78 is 0. The number of likely N-dealkylation sites (tertiary alicyclic amines) is 1. The molecule has 4 unspecified atom stereocenters. The van der Waals surface area contributed by atoms with Gasteiger partial charge in [0.05, 0.1) is 0 Å². The molecule has 0 radical (unpaired) electrons. The number of imide groups is 1. The molecule has 7 nitrogen and oxygen atoms in total. The fourth-order valence-corrected chi connectivity index (χ4v) is 5.04. The number of carbonyl (C=O) groups excluding carboxylic acids is 3. The summed E-state index contributed by atoms with van der Waals surface area (Å²) >= 11 is 0. The molecule has 4 rings (SSSR count). The zero-order valence-electron chi connectivity index (χ0n) is 15.3. The molecule has 4 amide bonds. The van der Waals surface area contributed by atoms with Gasteiger partial charge in [-0.05, 0) is 38.0 Å². The van der Waals surface area contributed by atoms with Crippen LogP contribution in [0, 0.1) is 5.92 Å². The van der Waals surface area contributed by atoms with E-state index in [0.717, 1.165) is 37.0 Å². The topological polar surface area (TPSA) is 81.8 Å². The standard InChI is InChI=1S/C18H28N4O3.ClH/c1-12-4-2-3-8-18(12)16(24)22(17(25)20-18)11-15(23)21-9-7-13-5-6-14(10-21)19-13;/h12-14,19H,2-11H2,1H3,(H,20,25);1H. The van der Waals surface area contributed by atoms with Crippen molar-refractivity contribution in [2.75, 3.05) is 19.6 Å². The molecule has 0 aromatic rings. The Bertz CT molecular complexity index is 601. The van der Waals surface area contributed by atoms with E-state index in [9.17, 15) is 14.4 Å². The lowest BCUT2D eigenvalue weighted by molar-refractivity contribution is -0.140. The van der Waals surface area contributed by atoms with E-state index in [1.807, 2.05) is 11.8 Å². The quantitative estimate of drug-likeness (QED) is 0.702. The van der Waals surface area contributed by atoms with Crippen molar-refractivity contribution in [1.29, 1.82) is 0 Å². The first-order chi connectivity index (χ1) is 12.0. The van der Waals surface area contributed by atoms with Crippen molar-refractivity contribution < 1.29 is 14.4 Å². The summed E-state index contributed by atoms with van der Waals surface area (Å²) in [6, 6.07) is 0.455. The minimum absolute atomic E-state index is 0. The molecule has 4 atom stereocenters. The average Bonchev–Trinajstić information content (AvgIpc) is 3.02. The predicted molar refractivity (Wildman–Crippen MR) is 99.0 cm³/mol. The lowest BCUT2D eigenvalue weighted by atomic mass is 9.73. The van der Waals surface area contributed by atoms with Crippen LogP contribution in [0.5, 0.6) is 0 Å². The van der Waals surface area contributed by atoms with Gasteiger partial charge >= 0.3 is 6.03 Å². The van der Waals surface area contributed by atoms with Gasteiger partial charge in [-0.15, -0.1) is 12.4 Å². The van der Waals surface area contributed by atoms with E-state index in [2.05, 4.69) is 10.6 Å². The van der Waals surface area contributed by atoms with Crippen LogP contribution in [0.25, 0.3) is 0 Å². The smallest absolute Gasteiger partial charge is 0.325 e. The zero-order valence-corrected chi connectivity index (χ0v) is 16.1. The van der Waals surface area contributed by atoms with Crippen molar-refractivity contribution in [1.82, 2.24) is 20.4 Å². The van der Waals surface area contributed by atoms with Gasteiger partial charge in [0.15, 0.2) is 0 Å². The number of hydrogen-bond acceptors (Lipinski definition) is 4. The van der Waals surface area contributed by atoms with Gasteiger partial charge in [0.1, 0.15) is 12.1 Å². The average molecular weight is 385 g/mol. The van der Waals surface area contributed by atoms with Crippen LogP contribution in [0.2, 0.25) is 0 Å². The largest absolute Gasteiger partial charge is 0.340 e. The molecule has 3 aliphatic heterocycles. The van der Waals surface area contributed by atoms with Crippen LogP contribution in [0.1, 0.15) is 51.9 Å². The van der Waals surface area contributed by atoms with E-state index >= 15 is 0 Å². The van der Waals surface area contributed by atoms with Crippen molar-refractivity contribution in [3.05, 3.63) is 0 Å². The van der Waals surface area contributed by atoms with Gasteiger partial charge in [0, 0.05) is 25.2 Å². The molecule has 1 saturated carbocycles. The normalized spacial score (nSPS) is 36.7. The number of nitrogens with one attached hydrogen (secondary N) is 2. The highest BCUT2D eigenvalue weighted by molar-refractivity contribution is 6.09. The maximum Gasteiger partial charge on any atom is 0.325 e. The Morgan fingerprint density at radius 3 is 2.69 bits per heavy atom. The van der Waals surface area contributed by atoms with E-state index < -0.39 is 11.6 Å². The molecule has 26 heavy (non-hydrogen) atoms.